The Hall–Kier alpha value is -2.00. The summed E-state index contributed by atoms with van der Waals surface area (Å²) in [5.74, 6) is 0.550. The van der Waals surface area contributed by atoms with Gasteiger partial charge < -0.3 is 10.1 Å². The summed E-state index contributed by atoms with van der Waals surface area (Å²) in [4.78, 5) is 12.7. The molecule has 0 heterocycles. The number of benzene rings is 2. The summed E-state index contributed by atoms with van der Waals surface area (Å²) < 4.78 is 5.90. The van der Waals surface area contributed by atoms with Crippen molar-refractivity contribution >= 4 is 17.5 Å². The van der Waals surface area contributed by atoms with Crippen molar-refractivity contribution < 1.29 is 9.53 Å². The Morgan fingerprint density at radius 2 is 1.69 bits per heavy atom. The number of rotatable bonds is 6. The molecule has 0 aliphatic heterocycles. The molecular weight excluding hydrogens is 346 g/mol. The number of amides is 1. The second kappa shape index (κ2) is 8.59. The summed E-state index contributed by atoms with van der Waals surface area (Å²) >= 11 is 6.05. The zero-order chi connectivity index (χ0) is 19.4. The molecule has 0 aliphatic carbocycles. The molecule has 4 heteroatoms. The molecule has 0 bridgehead atoms. The fourth-order valence-electron chi connectivity index (χ4n) is 3.01. The van der Waals surface area contributed by atoms with Gasteiger partial charge in [0.15, 0.2) is 6.10 Å². The predicted molar refractivity (Wildman–Crippen MR) is 108 cm³/mol. The van der Waals surface area contributed by atoms with Crippen LogP contribution in [0, 0.1) is 27.7 Å². The van der Waals surface area contributed by atoms with Crippen LogP contribution in [0.1, 0.15) is 54.1 Å². The summed E-state index contributed by atoms with van der Waals surface area (Å²) in [5, 5.41) is 3.78. The molecule has 2 rings (SSSR count). The Morgan fingerprint density at radius 3 is 2.31 bits per heavy atom. The van der Waals surface area contributed by atoms with E-state index in [1.807, 2.05) is 26.8 Å². The number of carbonyl (C=O) groups excluding carboxylic acids is 1. The Bertz CT molecular complexity index is 801. The normalized spacial score (nSPS) is 13.2. The van der Waals surface area contributed by atoms with Gasteiger partial charge in [0.25, 0.3) is 5.91 Å². The van der Waals surface area contributed by atoms with Gasteiger partial charge in [0, 0.05) is 5.02 Å². The van der Waals surface area contributed by atoms with Crippen LogP contribution in [-0.4, -0.2) is 12.0 Å². The van der Waals surface area contributed by atoms with E-state index in [0.29, 0.717) is 17.2 Å². The molecule has 26 heavy (non-hydrogen) atoms. The van der Waals surface area contributed by atoms with Gasteiger partial charge in [-0.05, 0) is 87.1 Å². The minimum absolute atomic E-state index is 0.0774. The van der Waals surface area contributed by atoms with Crippen LogP contribution >= 0.6 is 11.6 Å². The smallest absolute Gasteiger partial charge is 0.261 e. The van der Waals surface area contributed by atoms with Crippen molar-refractivity contribution in [2.75, 3.05) is 0 Å². The van der Waals surface area contributed by atoms with Crippen LogP contribution in [0.15, 0.2) is 30.3 Å². The fourth-order valence-corrected chi connectivity index (χ4v) is 3.13. The Morgan fingerprint density at radius 1 is 1.04 bits per heavy atom. The lowest BCUT2D eigenvalue weighted by Crippen LogP contribution is -2.39. The molecule has 0 fully saturated rings. The maximum absolute atomic E-state index is 12.7. The second-order valence-electron chi connectivity index (χ2n) is 6.95. The largest absolute Gasteiger partial charge is 0.481 e. The highest BCUT2D eigenvalue weighted by atomic mass is 35.5. The van der Waals surface area contributed by atoms with Crippen molar-refractivity contribution in [3.8, 4) is 5.75 Å². The SMILES string of the molecule is CC[C@@H](Oc1ccc(Cl)c(C)c1)C(=O)N[C@H](C)c1cc(C)c(C)cc1C. The maximum Gasteiger partial charge on any atom is 0.261 e. The highest BCUT2D eigenvalue weighted by molar-refractivity contribution is 6.31. The average molecular weight is 374 g/mol. The predicted octanol–water partition coefficient (Wildman–Crippen LogP) is 5.61. The van der Waals surface area contributed by atoms with E-state index >= 15 is 0 Å². The third kappa shape index (κ3) is 4.79. The van der Waals surface area contributed by atoms with E-state index in [1.165, 1.54) is 16.7 Å². The van der Waals surface area contributed by atoms with E-state index in [1.54, 1.807) is 12.1 Å². The van der Waals surface area contributed by atoms with Gasteiger partial charge in [-0.15, -0.1) is 0 Å². The molecule has 2 atom stereocenters. The highest BCUT2D eigenvalue weighted by Gasteiger charge is 2.21. The minimum Gasteiger partial charge on any atom is -0.481 e. The molecular formula is C22H28ClNO2. The number of hydrogen-bond acceptors (Lipinski definition) is 2. The van der Waals surface area contributed by atoms with Crippen LogP contribution in [0.5, 0.6) is 5.75 Å². The van der Waals surface area contributed by atoms with Gasteiger partial charge in [-0.1, -0.05) is 30.7 Å². The van der Waals surface area contributed by atoms with Gasteiger partial charge in [0.2, 0.25) is 0 Å². The molecule has 0 aromatic heterocycles. The van der Waals surface area contributed by atoms with E-state index in [0.717, 1.165) is 11.1 Å². The molecule has 0 radical (unpaired) electrons. The number of nitrogens with one attached hydrogen (secondary N) is 1. The molecule has 0 aliphatic rings. The van der Waals surface area contributed by atoms with Crippen molar-refractivity contribution in [3.63, 3.8) is 0 Å². The van der Waals surface area contributed by atoms with E-state index in [-0.39, 0.29) is 11.9 Å². The number of carbonyl (C=O) groups is 1. The van der Waals surface area contributed by atoms with Crippen LogP contribution in [0.2, 0.25) is 5.02 Å². The van der Waals surface area contributed by atoms with Crippen molar-refractivity contribution in [1.82, 2.24) is 5.32 Å². The first-order chi connectivity index (χ1) is 12.2. The van der Waals surface area contributed by atoms with Crippen molar-refractivity contribution in [1.29, 1.82) is 0 Å². The standard InChI is InChI=1S/C22H28ClNO2/c1-7-21(26-18-8-9-20(23)16(5)11-18)22(25)24-17(6)19-12-14(3)13(2)10-15(19)4/h8-12,17,21H,7H2,1-6H3,(H,24,25)/t17-,21-/m1/s1. The molecule has 140 valence electrons. The van der Waals surface area contributed by atoms with E-state index < -0.39 is 6.10 Å². The van der Waals surface area contributed by atoms with Crippen LogP contribution in [0.3, 0.4) is 0 Å². The fraction of sp³-hybridized carbons (Fsp3) is 0.409. The topological polar surface area (TPSA) is 38.3 Å². The molecule has 1 amide bonds. The molecule has 2 aromatic carbocycles. The number of hydrogen-bond donors (Lipinski definition) is 1. The summed E-state index contributed by atoms with van der Waals surface area (Å²) in [6.07, 6.45) is 0.0523. The lowest BCUT2D eigenvalue weighted by atomic mass is 9.96. The molecule has 1 N–H and O–H groups in total. The molecule has 2 aromatic rings. The van der Waals surface area contributed by atoms with E-state index in [4.69, 9.17) is 16.3 Å². The first-order valence-electron chi connectivity index (χ1n) is 9.03. The van der Waals surface area contributed by atoms with Gasteiger partial charge in [-0.25, -0.2) is 0 Å². The second-order valence-corrected chi connectivity index (χ2v) is 7.36. The quantitative estimate of drug-likeness (QED) is 0.714. The molecule has 0 saturated carbocycles. The summed E-state index contributed by atoms with van der Waals surface area (Å²) in [7, 11) is 0. The third-order valence-electron chi connectivity index (χ3n) is 4.78. The van der Waals surface area contributed by atoms with Crippen LogP contribution in [0.4, 0.5) is 0 Å². The molecule has 0 saturated heterocycles. The van der Waals surface area contributed by atoms with Crippen molar-refractivity contribution in [3.05, 3.63) is 63.2 Å². The summed E-state index contributed by atoms with van der Waals surface area (Å²) in [6.45, 7) is 12.1. The Labute approximate surface area is 161 Å². The number of ether oxygens (including phenoxy) is 1. The number of aryl methyl sites for hydroxylation is 4. The van der Waals surface area contributed by atoms with Gasteiger partial charge >= 0.3 is 0 Å². The van der Waals surface area contributed by atoms with Crippen LogP contribution < -0.4 is 10.1 Å². The monoisotopic (exact) mass is 373 g/mol. The van der Waals surface area contributed by atoms with Crippen molar-refractivity contribution in [2.45, 2.75) is 60.1 Å². The van der Waals surface area contributed by atoms with Gasteiger partial charge in [-0.3, -0.25) is 4.79 Å². The first-order valence-corrected chi connectivity index (χ1v) is 9.41. The van der Waals surface area contributed by atoms with Gasteiger partial charge in [-0.2, -0.15) is 0 Å². The van der Waals surface area contributed by atoms with E-state index in [2.05, 4.69) is 38.2 Å². The van der Waals surface area contributed by atoms with Crippen LogP contribution in [0.25, 0.3) is 0 Å². The van der Waals surface area contributed by atoms with Gasteiger partial charge in [0.1, 0.15) is 5.75 Å². The Kier molecular flexibility index (Phi) is 6.71. The van der Waals surface area contributed by atoms with Gasteiger partial charge in [0.05, 0.1) is 6.04 Å². The lowest BCUT2D eigenvalue weighted by molar-refractivity contribution is -0.128. The zero-order valence-electron chi connectivity index (χ0n) is 16.4. The minimum atomic E-state index is -0.537. The summed E-state index contributed by atoms with van der Waals surface area (Å²) in [5.41, 5.74) is 5.74. The van der Waals surface area contributed by atoms with Crippen molar-refractivity contribution in [2.24, 2.45) is 0 Å². The van der Waals surface area contributed by atoms with Crippen LogP contribution in [-0.2, 0) is 4.79 Å². The average Bonchev–Trinajstić information content (AvgIpc) is 2.58. The molecule has 0 unspecified atom stereocenters. The number of halogens is 1. The Balaban J connectivity index is 2.10. The molecule has 0 spiro atoms. The first kappa shape index (κ1) is 20.3. The zero-order valence-corrected chi connectivity index (χ0v) is 17.2. The third-order valence-corrected chi connectivity index (χ3v) is 5.20. The molecule has 3 nitrogen and oxygen atoms in total. The summed E-state index contributed by atoms with van der Waals surface area (Å²) in [6, 6.07) is 9.68. The lowest BCUT2D eigenvalue weighted by Gasteiger charge is -2.22. The van der Waals surface area contributed by atoms with E-state index in [9.17, 15) is 4.79 Å². The maximum atomic E-state index is 12.7. The highest BCUT2D eigenvalue weighted by Crippen LogP contribution is 2.24.